The molecule has 4 aromatic rings. The van der Waals surface area contributed by atoms with Crippen LogP contribution >= 0.6 is 0 Å². The summed E-state index contributed by atoms with van der Waals surface area (Å²) in [5.41, 5.74) is 0.238. The third-order valence-electron chi connectivity index (χ3n) is 4.66. The van der Waals surface area contributed by atoms with Crippen LogP contribution in [0.1, 0.15) is 19.8 Å². The molecule has 0 bridgehead atoms. The van der Waals surface area contributed by atoms with Crippen molar-refractivity contribution in [3.8, 4) is 36.2 Å². The number of terminal acetylenes is 2. The minimum absolute atomic E-state index is 0. The van der Waals surface area contributed by atoms with Crippen molar-refractivity contribution in [3.05, 3.63) is 175 Å². The first kappa shape index (κ1) is 104. The second-order valence-electron chi connectivity index (χ2n) is 7.73. The van der Waals surface area contributed by atoms with Crippen LogP contribution in [0.4, 0.5) is 0 Å². The van der Waals surface area contributed by atoms with E-state index in [1.807, 2.05) is 12.1 Å². The summed E-state index contributed by atoms with van der Waals surface area (Å²) < 4.78 is 130. The maximum atomic E-state index is 11.0. The fraction of sp³-hybridized carbons (Fsp3) is 0.159. The van der Waals surface area contributed by atoms with Crippen LogP contribution in [0.25, 0.3) is 21.9 Å². The summed E-state index contributed by atoms with van der Waals surface area (Å²) in [5.74, 6) is 5.07. The van der Waals surface area contributed by atoms with Gasteiger partial charge in [-0.05, 0) is 49.2 Å². The molecule has 1 saturated heterocycles. The summed E-state index contributed by atoms with van der Waals surface area (Å²) >= 11 is 0. The molecule has 0 amide bonds. The van der Waals surface area contributed by atoms with Crippen LogP contribution in [0.3, 0.4) is 0 Å². The van der Waals surface area contributed by atoms with Crippen molar-refractivity contribution in [2.75, 3.05) is 26.4 Å². The number of ether oxygens (including phenoxy) is 3. The van der Waals surface area contributed by atoms with E-state index in [1.54, 1.807) is 36.4 Å². The van der Waals surface area contributed by atoms with Gasteiger partial charge in [-0.25, -0.2) is 9.59 Å². The smallest absolute Gasteiger partial charge is 0 e. The first-order valence-corrected chi connectivity index (χ1v) is 14.7. The molecule has 2 aromatic heterocycles. The maximum absolute atomic E-state index is 11.0. The van der Waals surface area contributed by atoms with Crippen molar-refractivity contribution >= 4 is 27.9 Å². The molecule has 1 fully saturated rings. The SMILES string of the molecule is C#CCOc1ccc2ccc(=O)oc2c1.C#CCOc1ccc2ccc(=O)oc2c1.C1CCOC1.CC(=O)O.[C-]#[O+].[C-]#[O+].[C-]#[O+].[C-]#[O+].[C-]#[O+].[C-]#[O+].[C-]#[O+].[C-]#[O+].[C-]#[O+].[C-]#[O+].[C-]#[O+].[C-]#[O+].[C-]#[O+].[C-]#[O+].[Co].[Co]. The molecule has 1 aliphatic heterocycles. The average Bonchev–Trinajstić information content (AvgIpc) is 4.04. The van der Waals surface area contributed by atoms with Gasteiger partial charge in [0.15, 0.2) is 0 Å². The summed E-state index contributed by atoms with van der Waals surface area (Å²) in [6.45, 7) is 66.5. The quantitative estimate of drug-likeness (QED) is 0.134. The normalized spacial score (nSPS) is 6.77. The number of fused-ring (bicyclic) bond motifs is 2. The summed E-state index contributed by atoms with van der Waals surface area (Å²) in [4.78, 5) is 30.9. The Kier molecular flexibility index (Phi) is 179. The van der Waals surface area contributed by atoms with Gasteiger partial charge in [0.05, 0.1) is 0 Å². The zero-order chi connectivity index (χ0) is 56.5. The number of rotatable bonds is 4. The van der Waals surface area contributed by atoms with Gasteiger partial charge in [0.25, 0.3) is 5.97 Å². The molecule has 5 rings (SSSR count). The van der Waals surface area contributed by atoms with E-state index in [2.05, 4.69) is 105 Å². The third-order valence-corrected chi connectivity index (χ3v) is 4.66. The number of carboxylic acid groups (broad SMARTS) is 1. The predicted molar refractivity (Wildman–Crippen MR) is 202 cm³/mol. The largest absolute Gasteiger partial charge is 0 e. The molecular formula is C44H28Co2O23. The molecule has 69 heavy (non-hydrogen) atoms. The minimum Gasteiger partial charge on any atom is 0 e. The molecule has 0 saturated carbocycles. The standard InChI is InChI=1S/2C12H8O3.C4H8O.C2H4O2.14CO.2Co/c2*1-2-7-14-10-5-3-9-4-6-12(13)15-11(9)8-10;1-2-4-5-3-1;1-2(3)4;14*1-2;;/h2*1,3-6,8H,7H2;1-4H2;1H3,(H,3,4);;;;;;;;;;;;;;;;. The fourth-order valence-corrected chi connectivity index (χ4v) is 3.02. The van der Waals surface area contributed by atoms with E-state index >= 15 is 0 Å². The van der Waals surface area contributed by atoms with Gasteiger partial charge < -0.3 is 28.2 Å². The molecular weight excluding hydrogens is 1010 g/mol. The zero-order valence-corrected chi connectivity index (χ0v) is 36.8. The fourth-order valence-electron chi connectivity index (χ4n) is 3.02. The maximum Gasteiger partial charge on any atom is 0 e. The van der Waals surface area contributed by atoms with Gasteiger partial charge in [0.2, 0.25) is 0 Å². The molecule has 25 heteroatoms. The van der Waals surface area contributed by atoms with Gasteiger partial charge in [0.1, 0.15) is 35.9 Å². The Hall–Kier alpha value is -7.62. The number of hydrogen-bond acceptors (Lipinski definition) is 8. The first-order valence-electron chi connectivity index (χ1n) is 14.7. The van der Waals surface area contributed by atoms with Crippen molar-refractivity contribution < 1.29 is 132 Å². The monoisotopic (exact) mass is 1040 g/mol. The Morgan fingerprint density at radius 2 is 0.725 bits per heavy atom. The Balaban J connectivity index is -0.0000000385. The number of hydrogen-bond donors (Lipinski definition) is 1. The van der Waals surface area contributed by atoms with Crippen molar-refractivity contribution in [1.82, 2.24) is 0 Å². The van der Waals surface area contributed by atoms with Gasteiger partial charge in [0, 0.05) is 88.7 Å². The number of carboxylic acids is 1. The average molecular weight is 1040 g/mol. The zero-order valence-electron chi connectivity index (χ0n) is 34.8. The Morgan fingerprint density at radius 1 is 0.507 bits per heavy atom. The summed E-state index contributed by atoms with van der Waals surface area (Å²) in [5, 5.41) is 9.12. The van der Waals surface area contributed by atoms with E-state index in [1.165, 1.54) is 25.0 Å². The van der Waals surface area contributed by atoms with E-state index in [0.29, 0.717) is 22.7 Å². The van der Waals surface area contributed by atoms with E-state index < -0.39 is 5.97 Å². The van der Waals surface area contributed by atoms with Crippen molar-refractivity contribution in [1.29, 1.82) is 0 Å². The van der Waals surface area contributed by atoms with E-state index in [0.717, 1.165) is 30.9 Å². The van der Waals surface area contributed by atoms with Crippen molar-refractivity contribution in [2.24, 2.45) is 0 Å². The second kappa shape index (κ2) is 119. The summed E-state index contributed by atoms with van der Waals surface area (Å²) in [7, 11) is 0. The van der Waals surface area contributed by atoms with Crippen LogP contribution in [0.2, 0.25) is 0 Å². The predicted octanol–water partition coefficient (Wildman–Crippen LogP) is 3.97. The molecule has 1 aliphatic rings. The van der Waals surface area contributed by atoms with Crippen molar-refractivity contribution in [2.45, 2.75) is 19.8 Å². The topological polar surface area (TPSA) is 404 Å². The van der Waals surface area contributed by atoms with Gasteiger partial charge in [-0.1, -0.05) is 11.8 Å². The molecule has 0 aliphatic carbocycles. The molecule has 2 radical (unpaired) electrons. The second-order valence-corrected chi connectivity index (χ2v) is 7.73. The van der Waals surface area contributed by atoms with Crippen LogP contribution in [0, 0.1) is 118 Å². The minimum atomic E-state index is -0.833. The molecule has 23 nitrogen and oxygen atoms in total. The molecule has 0 spiro atoms. The molecule has 2 aromatic carbocycles. The van der Waals surface area contributed by atoms with Gasteiger partial charge in [-0.2, -0.15) is 0 Å². The Labute approximate surface area is 415 Å². The molecule has 3 heterocycles. The number of aliphatic carboxylic acids is 1. The van der Waals surface area contributed by atoms with Gasteiger partial charge >= 0.3 is 169 Å². The van der Waals surface area contributed by atoms with Gasteiger partial charge in [-0.15, -0.1) is 12.8 Å². The van der Waals surface area contributed by atoms with Crippen LogP contribution in [0.5, 0.6) is 11.5 Å². The molecule has 0 atom stereocenters. The number of benzene rings is 2. The Bertz CT molecular complexity index is 1970. The third kappa shape index (κ3) is 84.4. The van der Waals surface area contributed by atoms with E-state index in [4.69, 9.17) is 111 Å². The van der Waals surface area contributed by atoms with Gasteiger partial charge in [-0.3, -0.25) is 4.79 Å². The Morgan fingerprint density at radius 3 is 0.913 bits per heavy atom. The number of carbonyl (C=O) groups is 1. The first-order chi connectivity index (χ1) is 32.8. The van der Waals surface area contributed by atoms with Crippen LogP contribution in [-0.4, -0.2) is 37.5 Å². The van der Waals surface area contributed by atoms with Crippen molar-refractivity contribution in [3.63, 3.8) is 0 Å². The van der Waals surface area contributed by atoms with E-state index in [-0.39, 0.29) is 58.0 Å². The summed E-state index contributed by atoms with van der Waals surface area (Å²) in [6, 6.07) is 16.6. The summed E-state index contributed by atoms with van der Waals surface area (Å²) in [6.07, 6.45) is 12.7. The molecule has 0 unspecified atom stereocenters. The van der Waals surface area contributed by atoms with E-state index in [9.17, 15) is 9.59 Å². The molecule has 360 valence electrons. The van der Waals surface area contributed by atoms with Crippen LogP contribution in [0.15, 0.2) is 79.1 Å². The van der Waals surface area contributed by atoms with Crippen LogP contribution in [-0.2, 0) is 108 Å². The van der Waals surface area contributed by atoms with Crippen LogP contribution < -0.4 is 20.7 Å². The molecule has 1 N–H and O–H groups in total.